The molecule has 194 valence electrons. The van der Waals surface area contributed by atoms with Gasteiger partial charge in [0.15, 0.2) is 0 Å². The molecule has 1 unspecified atom stereocenters. The first-order valence-electron chi connectivity index (χ1n) is 13.3. The van der Waals surface area contributed by atoms with E-state index in [4.69, 9.17) is 4.74 Å². The molecule has 1 aliphatic carbocycles. The van der Waals surface area contributed by atoms with Gasteiger partial charge in [0.2, 0.25) is 0 Å². The number of hydrogen-bond acceptors (Lipinski definition) is 5. The molecule has 1 saturated carbocycles. The molecule has 0 bridgehead atoms. The molecule has 1 heterocycles. The van der Waals surface area contributed by atoms with E-state index in [1.165, 1.54) is 32.9 Å². The van der Waals surface area contributed by atoms with E-state index in [2.05, 4.69) is 33.3 Å². The predicted octanol–water partition coefficient (Wildman–Crippen LogP) is 4.85. The second-order valence-electron chi connectivity index (χ2n) is 9.88. The molecule has 2 amide bonds. The van der Waals surface area contributed by atoms with Crippen LogP contribution in [-0.4, -0.2) is 79.6 Å². The van der Waals surface area contributed by atoms with Crippen LogP contribution in [0.4, 0.5) is 10.5 Å². The van der Waals surface area contributed by atoms with Crippen molar-refractivity contribution in [2.24, 2.45) is 5.92 Å². The molecule has 1 N–H and O–H groups in total. The Kier molecular flexibility index (Phi) is 8.99. The molecule has 1 atom stereocenters. The Morgan fingerprint density at radius 2 is 1.69 bits per heavy atom. The Balaban J connectivity index is 1.57. The average molecular weight is 493 g/mol. The molecule has 0 aromatic heterocycles. The molecule has 2 fully saturated rings. The van der Waals surface area contributed by atoms with Gasteiger partial charge in [0.1, 0.15) is 0 Å². The summed E-state index contributed by atoms with van der Waals surface area (Å²) in [6.07, 6.45) is 3.66. The summed E-state index contributed by atoms with van der Waals surface area (Å²) >= 11 is 0. The van der Waals surface area contributed by atoms with Crippen molar-refractivity contribution in [1.29, 1.82) is 0 Å². The summed E-state index contributed by atoms with van der Waals surface area (Å²) in [4.78, 5) is 31.6. The molecule has 36 heavy (non-hydrogen) atoms. The van der Waals surface area contributed by atoms with Crippen LogP contribution >= 0.6 is 0 Å². The van der Waals surface area contributed by atoms with Gasteiger partial charge >= 0.3 is 6.09 Å². The highest BCUT2D eigenvalue weighted by atomic mass is 16.5. The fourth-order valence-corrected chi connectivity index (χ4v) is 5.32. The molecule has 1 aliphatic heterocycles. The van der Waals surface area contributed by atoms with Gasteiger partial charge in [-0.1, -0.05) is 30.7 Å². The molecule has 7 heteroatoms. The Morgan fingerprint density at radius 3 is 2.28 bits per heavy atom. The number of ether oxygens (including phenoxy) is 1. The van der Waals surface area contributed by atoms with Gasteiger partial charge in [0.25, 0.3) is 5.91 Å². The van der Waals surface area contributed by atoms with E-state index in [1.54, 1.807) is 0 Å². The zero-order valence-corrected chi connectivity index (χ0v) is 21.9. The van der Waals surface area contributed by atoms with Crippen molar-refractivity contribution < 1.29 is 14.3 Å². The van der Waals surface area contributed by atoms with E-state index in [-0.39, 0.29) is 11.9 Å². The van der Waals surface area contributed by atoms with Gasteiger partial charge in [-0.05, 0) is 68.0 Å². The third kappa shape index (κ3) is 6.26. The smallest absolute Gasteiger partial charge is 0.411 e. The third-order valence-electron chi connectivity index (χ3n) is 7.67. The lowest BCUT2D eigenvalue weighted by molar-refractivity contribution is 0.0772. The maximum Gasteiger partial charge on any atom is 0.411 e. The van der Waals surface area contributed by atoms with Gasteiger partial charge in [-0.25, -0.2) is 4.79 Å². The first-order valence-corrected chi connectivity index (χ1v) is 13.3. The van der Waals surface area contributed by atoms with Crippen LogP contribution in [-0.2, 0) is 4.74 Å². The van der Waals surface area contributed by atoms with Crippen molar-refractivity contribution in [2.45, 2.75) is 39.2 Å². The summed E-state index contributed by atoms with van der Waals surface area (Å²) in [6.45, 7) is 10.7. The lowest BCUT2D eigenvalue weighted by Crippen LogP contribution is -2.49. The van der Waals surface area contributed by atoms with Gasteiger partial charge in [0, 0.05) is 57.1 Å². The predicted molar refractivity (Wildman–Crippen MR) is 143 cm³/mol. The largest absolute Gasteiger partial charge is 0.453 e. The maximum absolute atomic E-state index is 12.8. The number of nitrogens with zero attached hydrogens (tertiary/aromatic N) is 3. The second kappa shape index (κ2) is 12.4. The number of hydrogen-bond donors (Lipinski definition) is 1. The Bertz CT molecular complexity index is 1010. The van der Waals surface area contributed by atoms with E-state index >= 15 is 0 Å². The molecule has 2 aliphatic rings. The average Bonchev–Trinajstić information content (AvgIpc) is 2.88. The summed E-state index contributed by atoms with van der Waals surface area (Å²) < 4.78 is 4.78. The Morgan fingerprint density at radius 1 is 1.00 bits per heavy atom. The molecule has 0 radical (unpaired) electrons. The van der Waals surface area contributed by atoms with Crippen molar-refractivity contribution in [3.63, 3.8) is 0 Å². The van der Waals surface area contributed by atoms with Crippen molar-refractivity contribution in [3.8, 4) is 0 Å². The Labute approximate surface area is 215 Å². The fraction of sp³-hybridized carbons (Fsp3) is 0.517. The van der Waals surface area contributed by atoms with Crippen LogP contribution in [0.2, 0.25) is 0 Å². The van der Waals surface area contributed by atoms with Gasteiger partial charge in [-0.3, -0.25) is 15.0 Å². The van der Waals surface area contributed by atoms with E-state index in [1.807, 2.05) is 49.1 Å². The minimum Gasteiger partial charge on any atom is -0.453 e. The van der Waals surface area contributed by atoms with Crippen LogP contribution in [0.3, 0.4) is 0 Å². The molecule has 2 aromatic carbocycles. The second-order valence-corrected chi connectivity index (χ2v) is 9.88. The molecule has 4 rings (SSSR count). The highest BCUT2D eigenvalue weighted by molar-refractivity contribution is 5.94. The first-order chi connectivity index (χ1) is 17.5. The first kappa shape index (κ1) is 26.2. The zero-order valence-electron chi connectivity index (χ0n) is 21.9. The summed E-state index contributed by atoms with van der Waals surface area (Å²) in [5.74, 6) is 0.946. The summed E-state index contributed by atoms with van der Waals surface area (Å²) in [7, 11) is 1.37. The monoisotopic (exact) mass is 492 g/mol. The van der Waals surface area contributed by atoms with E-state index in [0.717, 1.165) is 43.2 Å². The molecule has 1 saturated heterocycles. The quantitative estimate of drug-likeness (QED) is 0.542. The lowest BCUT2D eigenvalue weighted by Gasteiger charge is -2.42. The van der Waals surface area contributed by atoms with Gasteiger partial charge in [0.05, 0.1) is 13.2 Å². The van der Waals surface area contributed by atoms with Gasteiger partial charge in [-0.2, -0.15) is 0 Å². The van der Waals surface area contributed by atoms with Crippen LogP contribution in [0, 0.1) is 5.92 Å². The number of benzene rings is 2. The molecular weight excluding hydrogens is 452 g/mol. The fourth-order valence-electron chi connectivity index (χ4n) is 5.32. The van der Waals surface area contributed by atoms with E-state index < -0.39 is 6.09 Å². The van der Waals surface area contributed by atoms with Crippen molar-refractivity contribution in [1.82, 2.24) is 14.7 Å². The topological polar surface area (TPSA) is 65.1 Å². The Hall–Kier alpha value is -2.90. The summed E-state index contributed by atoms with van der Waals surface area (Å²) in [6, 6.07) is 16.1. The number of carbonyl (C=O) groups is 2. The van der Waals surface area contributed by atoms with E-state index in [0.29, 0.717) is 24.3 Å². The van der Waals surface area contributed by atoms with Crippen LogP contribution < -0.4 is 5.32 Å². The van der Waals surface area contributed by atoms with Crippen molar-refractivity contribution in [3.05, 3.63) is 65.2 Å². The van der Waals surface area contributed by atoms with Crippen LogP contribution in [0.5, 0.6) is 0 Å². The molecule has 0 spiro atoms. The number of piperazine rings is 1. The number of methoxy groups -OCH3 is 1. The maximum atomic E-state index is 12.8. The molecule has 2 aromatic rings. The number of anilines is 1. The third-order valence-corrected chi connectivity index (χ3v) is 7.67. The van der Waals surface area contributed by atoms with Crippen molar-refractivity contribution in [2.75, 3.05) is 58.2 Å². The highest BCUT2D eigenvalue weighted by Crippen LogP contribution is 2.33. The number of nitrogens with one attached hydrogen (secondary N) is 1. The van der Waals surface area contributed by atoms with Crippen LogP contribution in [0.25, 0.3) is 0 Å². The summed E-state index contributed by atoms with van der Waals surface area (Å²) in [5, 5.41) is 2.79. The highest BCUT2D eigenvalue weighted by Gasteiger charge is 2.29. The molecule has 7 nitrogen and oxygen atoms in total. The van der Waals surface area contributed by atoms with Crippen LogP contribution in [0.1, 0.15) is 60.6 Å². The zero-order chi connectivity index (χ0) is 25.5. The standard InChI is InChI=1S/C29H40N4O3/c1-4-32(5-2)28(34)24-14-12-23(13-15-24)27(25-10-7-11-26(20-25)30-29(35)36-3)33-18-16-31(17-19-33)21-22-8-6-9-22/h7,10-15,20,22,27H,4-6,8-9,16-19,21H2,1-3H3,(H,30,35). The number of rotatable bonds is 9. The minimum atomic E-state index is -0.479. The number of amides is 2. The lowest BCUT2D eigenvalue weighted by atomic mass is 9.85. The van der Waals surface area contributed by atoms with Gasteiger partial charge in [-0.15, -0.1) is 0 Å². The SMILES string of the molecule is CCN(CC)C(=O)c1ccc(C(c2cccc(NC(=O)OC)c2)N2CCN(CC3CCC3)CC2)cc1. The molecular formula is C29H40N4O3. The summed E-state index contributed by atoms with van der Waals surface area (Å²) in [5.41, 5.74) is 3.68. The number of carbonyl (C=O) groups excluding carboxylic acids is 2. The van der Waals surface area contributed by atoms with E-state index in [9.17, 15) is 9.59 Å². The normalized spacial score (nSPS) is 17.8. The van der Waals surface area contributed by atoms with Crippen molar-refractivity contribution >= 4 is 17.7 Å². The minimum absolute atomic E-state index is 0.0351. The van der Waals surface area contributed by atoms with Crippen LogP contribution in [0.15, 0.2) is 48.5 Å². The van der Waals surface area contributed by atoms with Gasteiger partial charge < -0.3 is 14.5 Å².